The lowest BCUT2D eigenvalue weighted by atomic mass is 10.2. The predicted molar refractivity (Wildman–Crippen MR) is 61.5 cm³/mol. The van der Waals surface area contributed by atoms with Gasteiger partial charge < -0.3 is 5.32 Å². The van der Waals surface area contributed by atoms with Crippen molar-refractivity contribution in [3.63, 3.8) is 0 Å². The van der Waals surface area contributed by atoms with E-state index in [0.29, 0.717) is 6.07 Å². The molecule has 3 nitrogen and oxygen atoms in total. The Morgan fingerprint density at radius 2 is 2.06 bits per heavy atom. The molecular formula is C12H12F3N3. The van der Waals surface area contributed by atoms with Crippen molar-refractivity contribution in [1.29, 1.82) is 0 Å². The van der Waals surface area contributed by atoms with Gasteiger partial charge in [0.1, 0.15) is 5.82 Å². The van der Waals surface area contributed by atoms with Crippen LogP contribution in [0.2, 0.25) is 0 Å². The highest BCUT2D eigenvalue weighted by Crippen LogP contribution is 2.19. The van der Waals surface area contributed by atoms with Crippen molar-refractivity contribution in [1.82, 2.24) is 9.78 Å². The monoisotopic (exact) mass is 255 g/mol. The minimum absolute atomic E-state index is 0.197. The molecule has 0 amide bonds. The fourth-order valence-corrected chi connectivity index (χ4v) is 1.55. The maximum atomic E-state index is 13.3. The summed E-state index contributed by atoms with van der Waals surface area (Å²) in [5.74, 6) is -3.11. The van der Waals surface area contributed by atoms with Gasteiger partial charge in [-0.15, -0.1) is 0 Å². The zero-order chi connectivity index (χ0) is 13.1. The second kappa shape index (κ2) is 5.12. The summed E-state index contributed by atoms with van der Waals surface area (Å²) in [5, 5.41) is 6.68. The zero-order valence-corrected chi connectivity index (χ0v) is 9.75. The van der Waals surface area contributed by atoms with Crippen molar-refractivity contribution in [3.05, 3.63) is 47.5 Å². The van der Waals surface area contributed by atoms with Gasteiger partial charge >= 0.3 is 0 Å². The second-order valence-electron chi connectivity index (χ2n) is 3.81. The first kappa shape index (κ1) is 12.5. The molecule has 0 saturated heterocycles. The molecular weight excluding hydrogens is 243 g/mol. The summed E-state index contributed by atoms with van der Waals surface area (Å²) in [6, 6.07) is 1.43. The number of aryl methyl sites for hydroxylation is 1. The van der Waals surface area contributed by atoms with Crippen molar-refractivity contribution >= 4 is 5.69 Å². The standard InChI is InChI=1S/C12H12F3N3/c1-2-18-7-8(6-17-18)5-16-11-4-9(13)3-10(14)12(11)15/h3-4,6-7,16H,2,5H2,1H3. The van der Waals surface area contributed by atoms with Crippen LogP contribution in [-0.2, 0) is 13.1 Å². The molecule has 18 heavy (non-hydrogen) atoms. The minimum Gasteiger partial charge on any atom is -0.378 e. The van der Waals surface area contributed by atoms with E-state index in [-0.39, 0.29) is 12.2 Å². The number of benzene rings is 1. The van der Waals surface area contributed by atoms with Gasteiger partial charge in [-0.05, 0) is 6.92 Å². The van der Waals surface area contributed by atoms with E-state index >= 15 is 0 Å². The highest BCUT2D eigenvalue weighted by atomic mass is 19.2. The summed E-state index contributed by atoms with van der Waals surface area (Å²) >= 11 is 0. The molecule has 0 aliphatic carbocycles. The topological polar surface area (TPSA) is 29.9 Å². The quantitative estimate of drug-likeness (QED) is 0.851. The maximum absolute atomic E-state index is 13.3. The molecule has 0 spiro atoms. The van der Waals surface area contributed by atoms with E-state index in [1.54, 1.807) is 17.1 Å². The third-order valence-electron chi connectivity index (χ3n) is 2.49. The largest absolute Gasteiger partial charge is 0.378 e. The van der Waals surface area contributed by atoms with Gasteiger partial charge in [-0.25, -0.2) is 13.2 Å². The fourth-order valence-electron chi connectivity index (χ4n) is 1.55. The molecule has 6 heteroatoms. The normalized spacial score (nSPS) is 10.7. The number of hydrogen-bond acceptors (Lipinski definition) is 2. The van der Waals surface area contributed by atoms with Crippen LogP contribution in [0, 0.1) is 17.5 Å². The smallest absolute Gasteiger partial charge is 0.182 e. The molecule has 2 rings (SSSR count). The molecule has 96 valence electrons. The van der Waals surface area contributed by atoms with E-state index in [9.17, 15) is 13.2 Å². The number of hydrogen-bond donors (Lipinski definition) is 1. The van der Waals surface area contributed by atoms with Crippen LogP contribution in [-0.4, -0.2) is 9.78 Å². The Kier molecular flexibility index (Phi) is 3.55. The molecule has 0 aliphatic heterocycles. The van der Waals surface area contributed by atoms with Crippen molar-refractivity contribution in [2.24, 2.45) is 0 Å². The summed E-state index contributed by atoms with van der Waals surface area (Å²) < 4.78 is 40.9. The van der Waals surface area contributed by atoms with E-state index in [0.717, 1.165) is 18.2 Å². The lowest BCUT2D eigenvalue weighted by Crippen LogP contribution is -2.03. The Balaban J connectivity index is 2.10. The van der Waals surface area contributed by atoms with Gasteiger partial charge in [-0.1, -0.05) is 0 Å². The first-order chi connectivity index (χ1) is 8.60. The molecule has 2 aromatic rings. The SMILES string of the molecule is CCn1cc(CNc2cc(F)cc(F)c2F)cn1. The van der Waals surface area contributed by atoms with Crippen LogP contribution in [0.1, 0.15) is 12.5 Å². The molecule has 0 unspecified atom stereocenters. The van der Waals surface area contributed by atoms with Gasteiger partial charge in [0.2, 0.25) is 0 Å². The Bertz CT molecular complexity index is 551. The van der Waals surface area contributed by atoms with E-state index in [1.165, 1.54) is 0 Å². The van der Waals surface area contributed by atoms with Gasteiger partial charge in [0.25, 0.3) is 0 Å². The third-order valence-corrected chi connectivity index (χ3v) is 2.49. The lowest BCUT2D eigenvalue weighted by molar-refractivity contribution is 0.497. The molecule has 1 aromatic carbocycles. The van der Waals surface area contributed by atoms with Crippen LogP contribution in [0.3, 0.4) is 0 Å². The summed E-state index contributed by atoms with van der Waals surface area (Å²) in [6.45, 7) is 2.91. The van der Waals surface area contributed by atoms with Gasteiger partial charge in [0, 0.05) is 37.0 Å². The molecule has 1 heterocycles. The zero-order valence-electron chi connectivity index (χ0n) is 9.75. The number of anilines is 1. The van der Waals surface area contributed by atoms with Crippen molar-refractivity contribution < 1.29 is 13.2 Å². The number of aromatic nitrogens is 2. The Morgan fingerprint density at radius 3 is 2.72 bits per heavy atom. The van der Waals surface area contributed by atoms with Crippen LogP contribution in [0.4, 0.5) is 18.9 Å². The molecule has 0 fully saturated rings. The Labute approximate surface area is 102 Å². The van der Waals surface area contributed by atoms with Gasteiger partial charge in [0.15, 0.2) is 11.6 Å². The molecule has 0 bridgehead atoms. The van der Waals surface area contributed by atoms with Crippen LogP contribution < -0.4 is 5.32 Å². The van der Waals surface area contributed by atoms with E-state index in [2.05, 4.69) is 10.4 Å². The van der Waals surface area contributed by atoms with Gasteiger partial charge in [-0.2, -0.15) is 5.10 Å². The summed E-state index contributed by atoms with van der Waals surface area (Å²) in [5.41, 5.74) is 0.609. The average molecular weight is 255 g/mol. The van der Waals surface area contributed by atoms with Crippen molar-refractivity contribution in [3.8, 4) is 0 Å². The Morgan fingerprint density at radius 1 is 1.28 bits per heavy atom. The molecule has 0 saturated carbocycles. The molecule has 0 radical (unpaired) electrons. The molecule has 0 aliphatic rings. The number of nitrogens with one attached hydrogen (secondary N) is 1. The van der Waals surface area contributed by atoms with Gasteiger partial charge in [0.05, 0.1) is 11.9 Å². The minimum atomic E-state index is -1.21. The van der Waals surface area contributed by atoms with Crippen LogP contribution in [0.25, 0.3) is 0 Å². The predicted octanol–water partition coefficient (Wildman–Crippen LogP) is 2.93. The molecule has 1 aromatic heterocycles. The number of rotatable bonds is 4. The van der Waals surface area contributed by atoms with E-state index in [4.69, 9.17) is 0 Å². The summed E-state index contributed by atoms with van der Waals surface area (Å²) in [6.07, 6.45) is 3.39. The lowest BCUT2D eigenvalue weighted by Gasteiger charge is -2.06. The van der Waals surface area contributed by atoms with Crippen LogP contribution in [0.5, 0.6) is 0 Å². The highest BCUT2D eigenvalue weighted by Gasteiger charge is 2.10. The number of halogens is 3. The van der Waals surface area contributed by atoms with E-state index < -0.39 is 17.5 Å². The second-order valence-corrected chi connectivity index (χ2v) is 3.81. The van der Waals surface area contributed by atoms with Gasteiger partial charge in [-0.3, -0.25) is 4.68 Å². The molecule has 0 atom stereocenters. The first-order valence-electron chi connectivity index (χ1n) is 5.50. The average Bonchev–Trinajstić information content (AvgIpc) is 2.80. The third kappa shape index (κ3) is 2.64. The highest BCUT2D eigenvalue weighted by molar-refractivity contribution is 5.45. The summed E-state index contributed by atoms with van der Waals surface area (Å²) in [4.78, 5) is 0. The van der Waals surface area contributed by atoms with Crippen LogP contribution >= 0.6 is 0 Å². The Hall–Kier alpha value is -1.98. The van der Waals surface area contributed by atoms with Crippen molar-refractivity contribution in [2.75, 3.05) is 5.32 Å². The summed E-state index contributed by atoms with van der Waals surface area (Å²) in [7, 11) is 0. The fraction of sp³-hybridized carbons (Fsp3) is 0.250. The number of nitrogens with zero attached hydrogens (tertiary/aromatic N) is 2. The van der Waals surface area contributed by atoms with Crippen molar-refractivity contribution in [2.45, 2.75) is 20.0 Å². The first-order valence-corrected chi connectivity index (χ1v) is 5.50. The molecule has 1 N–H and O–H groups in total. The van der Waals surface area contributed by atoms with Crippen LogP contribution in [0.15, 0.2) is 24.5 Å². The maximum Gasteiger partial charge on any atom is 0.182 e. The van der Waals surface area contributed by atoms with E-state index in [1.807, 2.05) is 6.92 Å².